The van der Waals surface area contributed by atoms with Crippen molar-refractivity contribution in [2.45, 2.75) is 44.2 Å². The second kappa shape index (κ2) is 3.61. The fourth-order valence-corrected chi connectivity index (χ4v) is 2.99. The number of aryl methyl sites for hydroxylation is 1. The fraction of sp³-hybridized carbons (Fsp3) is 0.700. The van der Waals surface area contributed by atoms with E-state index in [-0.39, 0.29) is 0 Å². The Morgan fingerprint density at radius 2 is 2.21 bits per heavy atom. The third-order valence-corrected chi connectivity index (χ3v) is 3.95. The van der Waals surface area contributed by atoms with Crippen molar-refractivity contribution in [3.05, 3.63) is 16.1 Å². The Morgan fingerprint density at radius 1 is 1.57 bits per heavy atom. The highest BCUT2D eigenvalue weighted by molar-refractivity contribution is 7.11. The van der Waals surface area contributed by atoms with Crippen LogP contribution in [0.25, 0.3) is 0 Å². The molecule has 3 nitrogen and oxygen atoms in total. The van der Waals surface area contributed by atoms with Crippen LogP contribution in [0.4, 0.5) is 0 Å². The van der Waals surface area contributed by atoms with Gasteiger partial charge >= 0.3 is 0 Å². The molecule has 1 aliphatic rings. The molecule has 1 aliphatic carbocycles. The van der Waals surface area contributed by atoms with Crippen LogP contribution in [0.2, 0.25) is 0 Å². The summed E-state index contributed by atoms with van der Waals surface area (Å²) in [5.41, 5.74) is 5.77. The number of nitrogens with two attached hydrogens (primary N) is 1. The number of aliphatic hydroxyl groups is 1. The summed E-state index contributed by atoms with van der Waals surface area (Å²) in [5, 5.41) is 11.1. The first-order valence-electron chi connectivity index (χ1n) is 5.01. The first-order valence-corrected chi connectivity index (χ1v) is 5.83. The molecule has 1 atom stereocenters. The molecule has 78 valence electrons. The Bertz CT molecular complexity index is 318. The lowest BCUT2D eigenvalue weighted by molar-refractivity contribution is 0.0902. The zero-order chi connectivity index (χ0) is 10.2. The lowest BCUT2D eigenvalue weighted by Gasteiger charge is -2.28. The van der Waals surface area contributed by atoms with Gasteiger partial charge in [-0.3, -0.25) is 0 Å². The molecular weight excluding hydrogens is 196 g/mol. The average molecular weight is 212 g/mol. The second-order valence-corrected chi connectivity index (χ2v) is 5.39. The van der Waals surface area contributed by atoms with Crippen molar-refractivity contribution >= 4 is 11.3 Å². The van der Waals surface area contributed by atoms with Crippen molar-refractivity contribution in [3.63, 3.8) is 0 Å². The number of nitrogens with zero attached hydrogens (tertiary/aromatic N) is 1. The van der Waals surface area contributed by atoms with Crippen LogP contribution in [0.1, 0.15) is 41.7 Å². The van der Waals surface area contributed by atoms with Crippen LogP contribution in [0.5, 0.6) is 0 Å². The summed E-state index contributed by atoms with van der Waals surface area (Å²) in [5.74, 6) is 0. The van der Waals surface area contributed by atoms with Crippen molar-refractivity contribution in [2.75, 3.05) is 0 Å². The van der Waals surface area contributed by atoms with Gasteiger partial charge in [-0.05, 0) is 19.8 Å². The second-order valence-electron chi connectivity index (χ2n) is 4.12. The van der Waals surface area contributed by atoms with Gasteiger partial charge in [-0.25, -0.2) is 4.98 Å². The topological polar surface area (TPSA) is 59.1 Å². The first-order chi connectivity index (χ1) is 6.62. The number of aromatic nitrogens is 1. The van der Waals surface area contributed by atoms with Gasteiger partial charge < -0.3 is 10.8 Å². The van der Waals surface area contributed by atoms with Gasteiger partial charge in [0, 0.05) is 11.7 Å². The molecule has 0 aliphatic heterocycles. The van der Waals surface area contributed by atoms with Gasteiger partial charge in [-0.2, -0.15) is 0 Å². The molecule has 1 fully saturated rings. The minimum atomic E-state index is -0.531. The third-order valence-electron chi connectivity index (χ3n) is 2.99. The molecule has 0 spiro atoms. The van der Waals surface area contributed by atoms with Crippen LogP contribution in [-0.2, 0) is 0 Å². The van der Waals surface area contributed by atoms with Crippen LogP contribution in [0.15, 0.2) is 6.20 Å². The van der Waals surface area contributed by atoms with E-state index in [9.17, 15) is 5.11 Å². The summed E-state index contributed by atoms with van der Waals surface area (Å²) < 4.78 is 0. The van der Waals surface area contributed by atoms with E-state index in [0.717, 1.165) is 35.6 Å². The Morgan fingerprint density at radius 3 is 2.71 bits per heavy atom. The maximum Gasteiger partial charge on any atom is 0.108 e. The monoisotopic (exact) mass is 212 g/mol. The molecule has 4 heteroatoms. The highest BCUT2D eigenvalue weighted by Crippen LogP contribution is 2.39. The van der Waals surface area contributed by atoms with Gasteiger partial charge in [0.25, 0.3) is 0 Å². The van der Waals surface area contributed by atoms with Crippen LogP contribution < -0.4 is 5.73 Å². The largest absolute Gasteiger partial charge is 0.386 e. The molecule has 1 saturated carbocycles. The van der Waals surface area contributed by atoms with Gasteiger partial charge in [-0.15, -0.1) is 11.3 Å². The van der Waals surface area contributed by atoms with Crippen molar-refractivity contribution < 1.29 is 5.11 Å². The Balaban J connectivity index is 2.18. The Hall–Kier alpha value is -0.450. The molecule has 0 amide bonds. The molecule has 14 heavy (non-hydrogen) atoms. The number of rotatable bonds is 2. The van der Waals surface area contributed by atoms with E-state index in [4.69, 9.17) is 5.73 Å². The molecular formula is C10H16N2OS. The van der Waals surface area contributed by atoms with E-state index < -0.39 is 11.6 Å². The highest BCUT2D eigenvalue weighted by atomic mass is 32.1. The predicted molar refractivity (Wildman–Crippen MR) is 57.2 cm³/mol. The van der Waals surface area contributed by atoms with E-state index >= 15 is 0 Å². The minimum Gasteiger partial charge on any atom is -0.386 e. The van der Waals surface area contributed by atoms with Gasteiger partial charge in [0.1, 0.15) is 6.10 Å². The van der Waals surface area contributed by atoms with E-state index in [1.807, 2.05) is 6.92 Å². The lowest BCUT2D eigenvalue weighted by atomic mass is 9.91. The third kappa shape index (κ3) is 1.69. The number of hydrogen-bond donors (Lipinski definition) is 2. The maximum absolute atomic E-state index is 10.1. The molecule has 0 radical (unpaired) electrons. The van der Waals surface area contributed by atoms with Gasteiger partial charge in [0.2, 0.25) is 0 Å². The van der Waals surface area contributed by atoms with E-state index in [2.05, 4.69) is 4.98 Å². The zero-order valence-electron chi connectivity index (χ0n) is 8.36. The summed E-state index contributed by atoms with van der Waals surface area (Å²) in [4.78, 5) is 5.05. The van der Waals surface area contributed by atoms with Gasteiger partial charge in [-0.1, -0.05) is 12.8 Å². The van der Waals surface area contributed by atoms with Crippen LogP contribution >= 0.6 is 11.3 Å². The standard InChI is InChI=1S/C10H16N2OS/c1-7-12-6-8(14-7)9(13)10(11)4-2-3-5-10/h6,9,13H,2-5,11H2,1H3. The number of hydrogen-bond acceptors (Lipinski definition) is 4. The van der Waals surface area contributed by atoms with Gasteiger partial charge in [0.05, 0.1) is 9.88 Å². The molecule has 1 aromatic heterocycles. The minimum absolute atomic E-state index is 0.404. The van der Waals surface area contributed by atoms with E-state index in [1.54, 1.807) is 17.5 Å². The van der Waals surface area contributed by atoms with E-state index in [1.165, 1.54) is 0 Å². The smallest absolute Gasteiger partial charge is 0.108 e. The quantitative estimate of drug-likeness (QED) is 0.785. The molecule has 1 aromatic rings. The van der Waals surface area contributed by atoms with Crippen LogP contribution in [0, 0.1) is 6.92 Å². The number of thiazole rings is 1. The van der Waals surface area contributed by atoms with Crippen LogP contribution in [0.3, 0.4) is 0 Å². The summed E-state index contributed by atoms with van der Waals surface area (Å²) in [7, 11) is 0. The maximum atomic E-state index is 10.1. The fourth-order valence-electron chi connectivity index (χ4n) is 2.09. The van der Waals surface area contributed by atoms with Crippen molar-refractivity contribution in [2.24, 2.45) is 5.73 Å². The Labute approximate surface area is 88.0 Å². The SMILES string of the molecule is Cc1ncc(C(O)C2(N)CCCC2)s1. The van der Waals surface area contributed by atoms with Crippen molar-refractivity contribution in [1.82, 2.24) is 4.98 Å². The Kier molecular flexibility index (Phi) is 2.60. The normalized spacial score (nSPS) is 22.5. The van der Waals surface area contributed by atoms with Crippen LogP contribution in [-0.4, -0.2) is 15.6 Å². The van der Waals surface area contributed by atoms with E-state index in [0.29, 0.717) is 0 Å². The molecule has 0 saturated heterocycles. The highest BCUT2D eigenvalue weighted by Gasteiger charge is 2.38. The summed E-state index contributed by atoms with van der Waals surface area (Å²) in [6.45, 7) is 1.94. The summed E-state index contributed by atoms with van der Waals surface area (Å²) >= 11 is 1.54. The molecule has 1 heterocycles. The predicted octanol–water partition coefficient (Wildman–Crippen LogP) is 1.76. The zero-order valence-corrected chi connectivity index (χ0v) is 9.18. The number of aliphatic hydroxyl groups excluding tert-OH is 1. The average Bonchev–Trinajstić information content (AvgIpc) is 2.74. The molecule has 1 unspecified atom stereocenters. The summed E-state index contributed by atoms with van der Waals surface area (Å²) in [6.07, 6.45) is 5.32. The first kappa shape index (κ1) is 10.1. The lowest BCUT2D eigenvalue weighted by Crippen LogP contribution is -2.42. The molecule has 2 rings (SSSR count). The molecule has 0 aromatic carbocycles. The summed E-state index contributed by atoms with van der Waals surface area (Å²) in [6, 6.07) is 0. The molecule has 0 bridgehead atoms. The van der Waals surface area contributed by atoms with Gasteiger partial charge in [0.15, 0.2) is 0 Å². The van der Waals surface area contributed by atoms with Crippen molar-refractivity contribution in [3.8, 4) is 0 Å². The van der Waals surface area contributed by atoms with Crippen molar-refractivity contribution in [1.29, 1.82) is 0 Å². The molecule has 3 N–H and O–H groups in total.